The van der Waals surface area contributed by atoms with Crippen LogP contribution < -0.4 is 10.6 Å². The zero-order valence-corrected chi connectivity index (χ0v) is 16.2. The van der Waals surface area contributed by atoms with Crippen molar-refractivity contribution in [2.45, 2.75) is 19.4 Å². The van der Waals surface area contributed by atoms with Gasteiger partial charge in [-0.3, -0.25) is 9.59 Å². The van der Waals surface area contributed by atoms with Crippen LogP contribution in [0.15, 0.2) is 78.9 Å². The fourth-order valence-corrected chi connectivity index (χ4v) is 3.01. The zero-order valence-electron chi connectivity index (χ0n) is 15.5. The summed E-state index contributed by atoms with van der Waals surface area (Å²) in [5.74, 6) is -0.585. The summed E-state index contributed by atoms with van der Waals surface area (Å²) in [5.41, 5.74) is 2.99. The summed E-state index contributed by atoms with van der Waals surface area (Å²) in [6.07, 6.45) is 0.380. The summed E-state index contributed by atoms with van der Waals surface area (Å²) in [7, 11) is 0. The Bertz CT molecular complexity index is 959. The lowest BCUT2D eigenvalue weighted by Gasteiger charge is -2.19. The number of hydrogen-bond acceptors (Lipinski definition) is 2. The molecule has 0 heterocycles. The first-order valence-corrected chi connectivity index (χ1v) is 9.37. The van der Waals surface area contributed by atoms with Gasteiger partial charge < -0.3 is 10.6 Å². The first kappa shape index (κ1) is 19.6. The van der Waals surface area contributed by atoms with Gasteiger partial charge in [0, 0.05) is 22.7 Å². The molecule has 5 heteroatoms. The number of carbonyl (C=O) groups is 2. The van der Waals surface area contributed by atoms with Crippen molar-refractivity contribution in [3.05, 3.63) is 101 Å². The van der Waals surface area contributed by atoms with Crippen molar-refractivity contribution in [3.8, 4) is 0 Å². The quantitative estimate of drug-likeness (QED) is 0.642. The van der Waals surface area contributed by atoms with Crippen LogP contribution in [0.1, 0.15) is 21.5 Å². The number of carbonyl (C=O) groups excluding carboxylic acids is 2. The fraction of sp³-hybridized carbons (Fsp3) is 0.130. The molecule has 4 nitrogen and oxygen atoms in total. The molecule has 3 rings (SSSR count). The Hall–Kier alpha value is -3.11. The fourth-order valence-electron chi connectivity index (χ4n) is 2.84. The number of halogens is 1. The average molecular weight is 393 g/mol. The van der Waals surface area contributed by atoms with Crippen LogP contribution in [0.2, 0.25) is 5.02 Å². The van der Waals surface area contributed by atoms with E-state index in [1.165, 1.54) is 0 Å². The summed E-state index contributed by atoms with van der Waals surface area (Å²) in [6, 6.07) is 23.0. The summed E-state index contributed by atoms with van der Waals surface area (Å²) >= 11 is 6.05. The summed E-state index contributed by atoms with van der Waals surface area (Å²) in [6.45, 7) is 1.89. The van der Waals surface area contributed by atoms with E-state index >= 15 is 0 Å². The third-order valence-corrected chi connectivity index (χ3v) is 4.63. The van der Waals surface area contributed by atoms with E-state index in [4.69, 9.17) is 11.6 Å². The highest BCUT2D eigenvalue weighted by molar-refractivity contribution is 6.31. The number of anilines is 1. The Morgan fingerprint density at radius 3 is 2.25 bits per heavy atom. The number of amides is 2. The Morgan fingerprint density at radius 1 is 0.929 bits per heavy atom. The molecule has 0 unspecified atom stereocenters. The lowest BCUT2D eigenvalue weighted by Crippen LogP contribution is -2.45. The molecule has 0 bridgehead atoms. The Kier molecular flexibility index (Phi) is 6.45. The number of aryl methyl sites for hydroxylation is 1. The van der Waals surface area contributed by atoms with Crippen molar-refractivity contribution in [2.75, 3.05) is 5.32 Å². The van der Waals surface area contributed by atoms with Crippen LogP contribution in [0.5, 0.6) is 0 Å². The van der Waals surface area contributed by atoms with Gasteiger partial charge in [0.15, 0.2) is 0 Å². The molecule has 3 aromatic rings. The van der Waals surface area contributed by atoms with Gasteiger partial charge in [0.05, 0.1) is 0 Å². The van der Waals surface area contributed by atoms with Gasteiger partial charge in [0.2, 0.25) is 5.91 Å². The van der Waals surface area contributed by atoms with Gasteiger partial charge in [-0.05, 0) is 42.3 Å². The molecule has 3 aromatic carbocycles. The van der Waals surface area contributed by atoms with Crippen LogP contribution in [0.4, 0.5) is 5.69 Å². The Morgan fingerprint density at radius 2 is 1.57 bits per heavy atom. The monoisotopic (exact) mass is 392 g/mol. The Labute approximate surface area is 169 Å². The second kappa shape index (κ2) is 9.20. The van der Waals surface area contributed by atoms with E-state index in [2.05, 4.69) is 10.6 Å². The molecule has 0 saturated carbocycles. The Balaban J connectivity index is 1.81. The summed E-state index contributed by atoms with van der Waals surface area (Å²) < 4.78 is 0. The lowest BCUT2D eigenvalue weighted by atomic mass is 10.0. The number of nitrogens with one attached hydrogen (secondary N) is 2. The van der Waals surface area contributed by atoms with E-state index in [1.807, 2.05) is 49.4 Å². The van der Waals surface area contributed by atoms with Gasteiger partial charge in [-0.1, -0.05) is 66.2 Å². The predicted molar refractivity (Wildman–Crippen MR) is 113 cm³/mol. The van der Waals surface area contributed by atoms with Crippen LogP contribution >= 0.6 is 11.6 Å². The van der Waals surface area contributed by atoms with Crippen molar-refractivity contribution in [2.24, 2.45) is 0 Å². The van der Waals surface area contributed by atoms with Gasteiger partial charge in [-0.15, -0.1) is 0 Å². The van der Waals surface area contributed by atoms with Crippen molar-refractivity contribution in [1.82, 2.24) is 5.32 Å². The molecule has 2 amide bonds. The molecule has 2 N–H and O–H groups in total. The van der Waals surface area contributed by atoms with Gasteiger partial charge >= 0.3 is 0 Å². The first-order valence-electron chi connectivity index (χ1n) is 9.00. The van der Waals surface area contributed by atoms with E-state index in [0.717, 1.165) is 11.1 Å². The van der Waals surface area contributed by atoms with Crippen molar-refractivity contribution in [1.29, 1.82) is 0 Å². The van der Waals surface area contributed by atoms with Gasteiger partial charge in [-0.25, -0.2) is 0 Å². The van der Waals surface area contributed by atoms with Crippen LogP contribution in [-0.2, 0) is 11.2 Å². The normalized spacial score (nSPS) is 11.5. The average Bonchev–Trinajstić information content (AvgIpc) is 2.71. The van der Waals surface area contributed by atoms with E-state index in [1.54, 1.807) is 36.4 Å². The number of benzene rings is 3. The molecular formula is C23H21ClN2O2. The van der Waals surface area contributed by atoms with E-state index in [0.29, 0.717) is 22.7 Å². The summed E-state index contributed by atoms with van der Waals surface area (Å²) in [5, 5.41) is 6.28. The molecule has 142 valence electrons. The van der Waals surface area contributed by atoms with E-state index in [9.17, 15) is 9.59 Å². The minimum atomic E-state index is -0.728. The first-order chi connectivity index (χ1) is 13.5. The van der Waals surface area contributed by atoms with Crippen LogP contribution in [-0.4, -0.2) is 17.9 Å². The maximum Gasteiger partial charge on any atom is 0.251 e. The van der Waals surface area contributed by atoms with Gasteiger partial charge in [0.1, 0.15) is 6.04 Å². The molecule has 0 aliphatic carbocycles. The molecule has 0 aromatic heterocycles. The largest absolute Gasteiger partial charge is 0.340 e. The lowest BCUT2D eigenvalue weighted by molar-refractivity contribution is -0.118. The van der Waals surface area contributed by atoms with E-state index < -0.39 is 6.04 Å². The van der Waals surface area contributed by atoms with Gasteiger partial charge in [0.25, 0.3) is 5.91 Å². The van der Waals surface area contributed by atoms with E-state index in [-0.39, 0.29) is 11.8 Å². The third-order valence-electron chi connectivity index (χ3n) is 4.40. The van der Waals surface area contributed by atoms with Crippen LogP contribution in [0.3, 0.4) is 0 Å². The second-order valence-electron chi connectivity index (χ2n) is 6.53. The van der Waals surface area contributed by atoms with Crippen LogP contribution in [0, 0.1) is 6.92 Å². The topological polar surface area (TPSA) is 58.2 Å². The van der Waals surface area contributed by atoms with Crippen molar-refractivity contribution < 1.29 is 9.59 Å². The summed E-state index contributed by atoms with van der Waals surface area (Å²) in [4.78, 5) is 25.6. The third kappa shape index (κ3) is 5.21. The molecule has 0 spiro atoms. The molecule has 0 aliphatic rings. The van der Waals surface area contributed by atoms with Gasteiger partial charge in [-0.2, -0.15) is 0 Å². The molecule has 0 aliphatic heterocycles. The van der Waals surface area contributed by atoms with Crippen LogP contribution in [0.25, 0.3) is 0 Å². The predicted octanol–water partition coefficient (Wildman–Crippen LogP) is 4.63. The number of rotatable bonds is 6. The molecule has 0 radical (unpaired) electrons. The highest BCUT2D eigenvalue weighted by Gasteiger charge is 2.22. The number of hydrogen-bond donors (Lipinski definition) is 2. The minimum Gasteiger partial charge on any atom is -0.340 e. The molecule has 0 fully saturated rings. The zero-order chi connectivity index (χ0) is 19.9. The van der Waals surface area contributed by atoms with Crippen molar-refractivity contribution in [3.63, 3.8) is 0 Å². The molecular weight excluding hydrogens is 372 g/mol. The van der Waals surface area contributed by atoms with Crippen molar-refractivity contribution >= 4 is 29.1 Å². The highest BCUT2D eigenvalue weighted by Crippen LogP contribution is 2.20. The molecule has 0 saturated heterocycles. The second-order valence-corrected chi connectivity index (χ2v) is 6.97. The maximum atomic E-state index is 13.0. The smallest absolute Gasteiger partial charge is 0.251 e. The SMILES string of the molecule is Cc1ccc(Cl)cc1NC(=O)[C@H](Cc1ccccc1)NC(=O)c1ccccc1. The maximum absolute atomic E-state index is 13.0. The molecule has 1 atom stereocenters. The minimum absolute atomic E-state index is 0.292. The molecule has 28 heavy (non-hydrogen) atoms. The standard InChI is InChI=1S/C23H21ClN2O2/c1-16-12-13-19(24)15-20(16)25-23(28)21(14-17-8-4-2-5-9-17)26-22(27)18-10-6-3-7-11-18/h2-13,15,21H,14H2,1H3,(H,25,28)(H,26,27)/t21-/m0/s1. The highest BCUT2D eigenvalue weighted by atomic mass is 35.5.